The minimum absolute atomic E-state index is 0.0671. The number of aromatic hydroxyl groups is 1. The van der Waals surface area contributed by atoms with Crippen molar-refractivity contribution in [2.24, 2.45) is 15.3 Å². The first-order valence-electron chi connectivity index (χ1n) is 9.40. The van der Waals surface area contributed by atoms with Crippen LogP contribution in [0.1, 0.15) is 25.0 Å². The highest BCUT2D eigenvalue weighted by Crippen LogP contribution is 2.29. The van der Waals surface area contributed by atoms with E-state index in [1.165, 1.54) is 33.2 Å². The molecular weight excluding hydrogens is 400 g/mol. The second kappa shape index (κ2) is 11.2. The minimum atomic E-state index is -0.747. The van der Waals surface area contributed by atoms with Crippen LogP contribution in [0.3, 0.4) is 0 Å². The largest absolute Gasteiger partial charge is 0.506 e. The summed E-state index contributed by atoms with van der Waals surface area (Å²) in [6.45, 7) is 2.70. The van der Waals surface area contributed by atoms with E-state index in [2.05, 4.69) is 31.4 Å². The van der Waals surface area contributed by atoms with E-state index in [-0.39, 0.29) is 35.6 Å². The highest BCUT2D eigenvalue weighted by atomic mass is 16.3. The van der Waals surface area contributed by atoms with Crippen LogP contribution in [0, 0.1) is 0 Å². The average molecular weight is 424 g/mol. The Labute approximate surface area is 179 Å². The second-order valence-corrected chi connectivity index (χ2v) is 6.61. The molecule has 3 amide bonds. The average Bonchev–Trinajstić information content (AvgIpc) is 2.73. The number of hydrazone groups is 1. The Balaban J connectivity index is 2.13. The van der Waals surface area contributed by atoms with Gasteiger partial charge < -0.3 is 15.7 Å². The number of likely N-dealkylation sites (N-methyl/N-ethyl adjacent to an activating group) is 1. The van der Waals surface area contributed by atoms with E-state index < -0.39 is 6.04 Å². The Hall–Kier alpha value is -4.08. The number of benzene rings is 2. The van der Waals surface area contributed by atoms with E-state index in [4.69, 9.17) is 0 Å². The number of azo groups is 1. The van der Waals surface area contributed by atoms with Crippen molar-refractivity contribution >= 4 is 35.3 Å². The van der Waals surface area contributed by atoms with Crippen molar-refractivity contribution in [1.29, 1.82) is 0 Å². The zero-order chi connectivity index (χ0) is 22.8. The van der Waals surface area contributed by atoms with Gasteiger partial charge in [-0.15, -0.1) is 5.11 Å². The normalized spacial score (nSPS) is 12.0. The Morgan fingerprint density at radius 3 is 2.35 bits per heavy atom. The third-order valence-electron chi connectivity index (χ3n) is 4.02. The molecule has 0 radical (unpaired) electrons. The third-order valence-corrected chi connectivity index (χ3v) is 4.02. The smallest absolute Gasteiger partial charge is 0.242 e. The van der Waals surface area contributed by atoms with Crippen LogP contribution in [-0.4, -0.2) is 42.1 Å². The summed E-state index contributed by atoms with van der Waals surface area (Å²) in [7, 11) is 1.49. The van der Waals surface area contributed by atoms with Crippen LogP contribution in [0.15, 0.2) is 57.8 Å². The van der Waals surface area contributed by atoms with Crippen LogP contribution in [-0.2, 0) is 20.8 Å². The molecule has 10 nitrogen and oxygen atoms in total. The summed E-state index contributed by atoms with van der Waals surface area (Å²) in [6, 6.07) is 10.9. The van der Waals surface area contributed by atoms with Gasteiger partial charge in [-0.3, -0.25) is 14.4 Å². The molecule has 162 valence electrons. The minimum Gasteiger partial charge on any atom is -0.506 e. The molecule has 0 heterocycles. The number of nitrogens with one attached hydrogen (secondary N) is 3. The highest BCUT2D eigenvalue weighted by molar-refractivity contribution is 5.87. The summed E-state index contributed by atoms with van der Waals surface area (Å²) in [5.41, 5.74) is 4.54. The van der Waals surface area contributed by atoms with Gasteiger partial charge in [0.15, 0.2) is 0 Å². The number of phenols is 1. The molecule has 31 heavy (non-hydrogen) atoms. The van der Waals surface area contributed by atoms with Gasteiger partial charge in [-0.05, 0) is 35.4 Å². The lowest BCUT2D eigenvalue weighted by atomic mass is 10.0. The molecule has 2 rings (SSSR count). The fourth-order valence-electron chi connectivity index (χ4n) is 2.58. The van der Waals surface area contributed by atoms with Crippen molar-refractivity contribution in [2.75, 3.05) is 7.05 Å². The lowest BCUT2D eigenvalue weighted by Crippen LogP contribution is -2.46. The van der Waals surface area contributed by atoms with E-state index in [0.717, 1.165) is 5.56 Å². The Morgan fingerprint density at radius 1 is 1.03 bits per heavy atom. The summed E-state index contributed by atoms with van der Waals surface area (Å²) in [6.07, 6.45) is 1.72. The molecule has 10 heteroatoms. The van der Waals surface area contributed by atoms with E-state index in [0.29, 0.717) is 11.3 Å². The first kappa shape index (κ1) is 23.2. The van der Waals surface area contributed by atoms with Gasteiger partial charge >= 0.3 is 0 Å². The SMILES string of the molecule is CNC(=O)C(Cc1ccc(O)c(N=Nc2ccc(C=NNC(C)=O)cc2)c1)NC(C)=O. The van der Waals surface area contributed by atoms with E-state index in [1.54, 1.807) is 36.4 Å². The molecular formula is C21H24N6O4. The molecule has 0 fully saturated rings. The zero-order valence-corrected chi connectivity index (χ0v) is 17.4. The Bertz CT molecular complexity index is 1000. The van der Waals surface area contributed by atoms with Crippen LogP contribution in [0.4, 0.5) is 11.4 Å². The molecule has 0 aliphatic heterocycles. The van der Waals surface area contributed by atoms with Crippen LogP contribution < -0.4 is 16.1 Å². The predicted molar refractivity (Wildman–Crippen MR) is 116 cm³/mol. The number of nitrogens with zero attached hydrogens (tertiary/aromatic N) is 3. The molecule has 4 N–H and O–H groups in total. The fraction of sp³-hybridized carbons (Fsp3) is 0.238. The lowest BCUT2D eigenvalue weighted by Gasteiger charge is -2.16. The monoisotopic (exact) mass is 424 g/mol. The maximum Gasteiger partial charge on any atom is 0.242 e. The van der Waals surface area contributed by atoms with Gasteiger partial charge in [0.05, 0.1) is 11.9 Å². The van der Waals surface area contributed by atoms with E-state index in [1.807, 2.05) is 0 Å². The first-order valence-corrected chi connectivity index (χ1v) is 9.40. The summed E-state index contributed by atoms with van der Waals surface area (Å²) in [5, 5.41) is 27.2. The van der Waals surface area contributed by atoms with Gasteiger partial charge in [0.25, 0.3) is 0 Å². The number of carbonyl (C=O) groups is 3. The standard InChI is InChI=1S/C21H24N6O4/c1-13(28)24-19(21(31)22-3)11-16-6-9-20(30)18(10-16)27-26-17-7-4-15(5-8-17)12-23-25-14(2)29/h4-10,12,19,30H,11H2,1-3H3,(H,22,31)(H,24,28)(H,25,29). The predicted octanol–water partition coefficient (Wildman–Crippen LogP) is 2.07. The first-order chi connectivity index (χ1) is 14.8. The maximum atomic E-state index is 12.0. The van der Waals surface area contributed by atoms with Crippen molar-refractivity contribution in [3.8, 4) is 5.75 Å². The zero-order valence-electron chi connectivity index (χ0n) is 17.4. The Kier molecular flexibility index (Phi) is 8.38. The van der Waals surface area contributed by atoms with Crippen molar-refractivity contribution in [3.63, 3.8) is 0 Å². The number of phenolic OH excluding ortho intramolecular Hbond substituents is 1. The van der Waals surface area contributed by atoms with Gasteiger partial charge in [-0.2, -0.15) is 10.2 Å². The third kappa shape index (κ3) is 7.69. The van der Waals surface area contributed by atoms with Gasteiger partial charge in [0, 0.05) is 27.3 Å². The lowest BCUT2D eigenvalue weighted by molar-refractivity contribution is -0.127. The second-order valence-electron chi connectivity index (χ2n) is 6.61. The summed E-state index contributed by atoms with van der Waals surface area (Å²) in [4.78, 5) is 34.2. The van der Waals surface area contributed by atoms with Crippen LogP contribution in [0.25, 0.3) is 0 Å². The molecule has 2 aromatic rings. The molecule has 1 unspecified atom stereocenters. The molecule has 0 aromatic heterocycles. The summed E-state index contributed by atoms with van der Waals surface area (Å²) >= 11 is 0. The van der Waals surface area contributed by atoms with Gasteiger partial charge in [-0.25, -0.2) is 5.43 Å². The Morgan fingerprint density at radius 2 is 1.74 bits per heavy atom. The van der Waals surface area contributed by atoms with Crippen LogP contribution in [0.5, 0.6) is 5.75 Å². The van der Waals surface area contributed by atoms with E-state index >= 15 is 0 Å². The molecule has 0 spiro atoms. The highest BCUT2D eigenvalue weighted by Gasteiger charge is 2.19. The van der Waals surface area contributed by atoms with Gasteiger partial charge in [0.2, 0.25) is 17.7 Å². The molecule has 0 bridgehead atoms. The van der Waals surface area contributed by atoms with Gasteiger partial charge in [-0.1, -0.05) is 18.2 Å². The maximum absolute atomic E-state index is 12.0. The van der Waals surface area contributed by atoms with Crippen molar-refractivity contribution in [1.82, 2.24) is 16.1 Å². The number of amides is 3. The van der Waals surface area contributed by atoms with Crippen molar-refractivity contribution in [3.05, 3.63) is 53.6 Å². The van der Waals surface area contributed by atoms with Crippen LogP contribution in [0.2, 0.25) is 0 Å². The number of hydrogen-bond acceptors (Lipinski definition) is 7. The number of carbonyl (C=O) groups excluding carboxylic acids is 3. The summed E-state index contributed by atoms with van der Waals surface area (Å²) in [5.74, 6) is -0.976. The quantitative estimate of drug-likeness (QED) is 0.292. The number of hydrogen-bond donors (Lipinski definition) is 4. The van der Waals surface area contributed by atoms with Crippen LogP contribution >= 0.6 is 0 Å². The number of rotatable bonds is 8. The topological polar surface area (TPSA) is 145 Å². The van der Waals surface area contributed by atoms with Crippen molar-refractivity contribution < 1.29 is 19.5 Å². The molecule has 2 aromatic carbocycles. The van der Waals surface area contributed by atoms with Crippen molar-refractivity contribution in [2.45, 2.75) is 26.3 Å². The summed E-state index contributed by atoms with van der Waals surface area (Å²) < 4.78 is 0. The molecule has 0 saturated carbocycles. The molecule has 0 saturated heterocycles. The molecule has 0 aliphatic carbocycles. The molecule has 0 aliphatic rings. The van der Waals surface area contributed by atoms with E-state index in [9.17, 15) is 19.5 Å². The van der Waals surface area contributed by atoms with Gasteiger partial charge in [0.1, 0.15) is 17.5 Å². The fourth-order valence-corrected chi connectivity index (χ4v) is 2.58. The molecule has 1 atom stereocenters.